The Morgan fingerprint density at radius 2 is 1.46 bits per heavy atom. The van der Waals surface area contributed by atoms with Gasteiger partial charge in [0.25, 0.3) is 0 Å². The van der Waals surface area contributed by atoms with Crippen molar-refractivity contribution in [2.24, 2.45) is 0 Å². The van der Waals surface area contributed by atoms with Crippen molar-refractivity contribution in [3.05, 3.63) is 104 Å². The molecule has 0 N–H and O–H groups in total. The van der Waals surface area contributed by atoms with E-state index >= 15 is 0 Å². The summed E-state index contributed by atoms with van der Waals surface area (Å²) in [6.07, 6.45) is 5.24. The van der Waals surface area contributed by atoms with Gasteiger partial charge in [-0.25, -0.2) is 18.4 Å². The highest BCUT2D eigenvalue weighted by Crippen LogP contribution is 2.30. The number of carbonyl (C=O) groups is 1. The number of fused-ring (bicyclic) bond motifs is 1. The zero-order valence-electron chi connectivity index (χ0n) is 23.1. The number of hydrogen-bond acceptors (Lipinski definition) is 5. The highest BCUT2D eigenvalue weighted by atomic mass is 19.2. The Bertz CT molecular complexity index is 1660. The molecule has 3 aromatic carbocycles. The van der Waals surface area contributed by atoms with Gasteiger partial charge in [0.05, 0.1) is 11.1 Å². The summed E-state index contributed by atoms with van der Waals surface area (Å²) in [6, 6.07) is 11.5. The van der Waals surface area contributed by atoms with Gasteiger partial charge in [0.15, 0.2) is 11.6 Å². The van der Waals surface area contributed by atoms with Gasteiger partial charge in [-0.3, -0.25) is 0 Å². The fourth-order valence-electron chi connectivity index (χ4n) is 4.53. The normalized spacial score (nSPS) is 11.4. The maximum Gasteiger partial charge on any atom is 0.343 e. The summed E-state index contributed by atoms with van der Waals surface area (Å²) in [5.74, 6) is -9.53. The SMILES string of the molecule is CCCN(CCC)c1ccc2c(C)c(/C=C/c3ccc(C(=O)Oc4c(F)c(F)c(C)c(F)c4F)cc3)c(=O)oc2c1. The third-order valence-electron chi connectivity index (χ3n) is 6.77. The smallest absolute Gasteiger partial charge is 0.343 e. The van der Waals surface area contributed by atoms with Crippen molar-refractivity contribution in [2.45, 2.75) is 40.5 Å². The van der Waals surface area contributed by atoms with Crippen LogP contribution in [0.15, 0.2) is 51.7 Å². The number of benzene rings is 3. The van der Waals surface area contributed by atoms with Crippen LogP contribution in [-0.4, -0.2) is 19.1 Å². The molecule has 0 atom stereocenters. The second-order valence-corrected chi connectivity index (χ2v) is 9.65. The van der Waals surface area contributed by atoms with Crippen molar-refractivity contribution in [1.29, 1.82) is 0 Å². The molecule has 1 aromatic heterocycles. The molecule has 0 fully saturated rings. The lowest BCUT2D eigenvalue weighted by atomic mass is 10.0. The van der Waals surface area contributed by atoms with E-state index in [4.69, 9.17) is 4.42 Å². The number of esters is 1. The lowest BCUT2D eigenvalue weighted by molar-refractivity contribution is 0.0717. The molecule has 41 heavy (non-hydrogen) atoms. The van der Waals surface area contributed by atoms with Crippen molar-refractivity contribution in [3.8, 4) is 5.75 Å². The zero-order valence-corrected chi connectivity index (χ0v) is 23.1. The Balaban J connectivity index is 1.55. The van der Waals surface area contributed by atoms with E-state index in [9.17, 15) is 27.2 Å². The third-order valence-corrected chi connectivity index (χ3v) is 6.77. The Hall–Kier alpha value is -4.40. The van der Waals surface area contributed by atoms with Gasteiger partial charge in [-0.2, -0.15) is 8.78 Å². The van der Waals surface area contributed by atoms with Gasteiger partial charge in [0.1, 0.15) is 5.58 Å². The highest BCUT2D eigenvalue weighted by molar-refractivity contribution is 5.92. The maximum absolute atomic E-state index is 14.1. The Morgan fingerprint density at radius 3 is 2.05 bits per heavy atom. The lowest BCUT2D eigenvalue weighted by Gasteiger charge is -2.24. The van der Waals surface area contributed by atoms with Crippen LogP contribution in [-0.2, 0) is 0 Å². The van der Waals surface area contributed by atoms with Crippen LogP contribution in [0.3, 0.4) is 0 Å². The molecule has 0 aliphatic carbocycles. The van der Waals surface area contributed by atoms with Gasteiger partial charge in [-0.15, -0.1) is 0 Å². The van der Waals surface area contributed by atoms with Crippen LogP contribution in [0.1, 0.15) is 59.3 Å². The zero-order chi connectivity index (χ0) is 29.8. The van der Waals surface area contributed by atoms with E-state index in [1.54, 1.807) is 12.2 Å². The van der Waals surface area contributed by atoms with Gasteiger partial charge in [-0.1, -0.05) is 32.1 Å². The maximum atomic E-state index is 14.1. The van der Waals surface area contributed by atoms with E-state index in [0.717, 1.165) is 49.5 Å². The minimum atomic E-state index is -1.80. The van der Waals surface area contributed by atoms with Crippen molar-refractivity contribution >= 4 is 34.8 Å². The highest BCUT2D eigenvalue weighted by Gasteiger charge is 2.26. The number of halogens is 4. The van der Waals surface area contributed by atoms with Gasteiger partial charge in [0.2, 0.25) is 17.4 Å². The molecule has 0 bridgehead atoms. The summed E-state index contributed by atoms with van der Waals surface area (Å²) in [6.45, 7) is 8.73. The summed E-state index contributed by atoms with van der Waals surface area (Å²) in [5, 5.41) is 0.808. The van der Waals surface area contributed by atoms with E-state index in [1.807, 2.05) is 25.1 Å². The summed E-state index contributed by atoms with van der Waals surface area (Å²) in [7, 11) is 0. The second-order valence-electron chi connectivity index (χ2n) is 9.65. The van der Waals surface area contributed by atoms with Crippen molar-refractivity contribution < 1.29 is 31.5 Å². The number of hydrogen-bond donors (Lipinski definition) is 0. The summed E-state index contributed by atoms with van der Waals surface area (Å²) in [5.41, 5.74) is 1.73. The molecule has 0 amide bonds. The van der Waals surface area contributed by atoms with Crippen LogP contribution in [0.5, 0.6) is 5.75 Å². The quantitative estimate of drug-likeness (QED) is 0.0675. The second kappa shape index (κ2) is 12.4. The van der Waals surface area contributed by atoms with E-state index in [0.29, 0.717) is 16.7 Å². The fraction of sp³-hybridized carbons (Fsp3) is 0.250. The largest absolute Gasteiger partial charge is 0.422 e. The first-order valence-corrected chi connectivity index (χ1v) is 13.2. The molecule has 0 aliphatic rings. The molecule has 0 radical (unpaired) electrons. The molecular weight excluding hydrogens is 538 g/mol. The molecule has 0 spiro atoms. The number of carbonyl (C=O) groups excluding carboxylic acids is 1. The van der Waals surface area contributed by atoms with E-state index < -0.39 is 46.2 Å². The predicted molar refractivity (Wildman–Crippen MR) is 151 cm³/mol. The minimum absolute atomic E-state index is 0.111. The topological polar surface area (TPSA) is 59.8 Å². The fourth-order valence-corrected chi connectivity index (χ4v) is 4.53. The standard InChI is InChI=1S/C32H29F4NO4/c1-5-15-37(16-6-2)22-12-14-23-18(3)24(32(39)40-25(23)17-22)13-9-20-7-10-21(11-8-20)31(38)41-30-28(35)26(33)19(4)27(34)29(30)36/h7-14,17H,5-6,15-16H2,1-4H3/b13-9+. The number of ether oxygens (including phenoxy) is 1. The first-order chi connectivity index (χ1) is 19.6. The van der Waals surface area contributed by atoms with Gasteiger partial charge in [0, 0.05) is 35.8 Å². The average molecular weight is 568 g/mol. The van der Waals surface area contributed by atoms with Crippen LogP contribution < -0.4 is 15.3 Å². The van der Waals surface area contributed by atoms with Crippen LogP contribution >= 0.6 is 0 Å². The van der Waals surface area contributed by atoms with Crippen LogP contribution in [0.4, 0.5) is 23.2 Å². The van der Waals surface area contributed by atoms with Crippen LogP contribution in [0, 0.1) is 37.1 Å². The van der Waals surface area contributed by atoms with Crippen LogP contribution in [0.25, 0.3) is 23.1 Å². The molecular formula is C32H29F4NO4. The first kappa shape index (κ1) is 29.6. The summed E-state index contributed by atoms with van der Waals surface area (Å²) >= 11 is 0. The van der Waals surface area contributed by atoms with Crippen molar-refractivity contribution in [1.82, 2.24) is 0 Å². The molecule has 1 heterocycles. The number of anilines is 1. The Morgan fingerprint density at radius 1 is 0.854 bits per heavy atom. The molecule has 214 valence electrons. The molecule has 5 nitrogen and oxygen atoms in total. The summed E-state index contributed by atoms with van der Waals surface area (Å²) < 4.78 is 66.0. The van der Waals surface area contributed by atoms with Gasteiger partial charge >= 0.3 is 11.6 Å². The van der Waals surface area contributed by atoms with E-state index in [-0.39, 0.29) is 5.56 Å². The van der Waals surface area contributed by atoms with Crippen LogP contribution in [0.2, 0.25) is 0 Å². The predicted octanol–water partition coefficient (Wildman–Crippen LogP) is 7.98. The Kier molecular flexibility index (Phi) is 8.95. The molecule has 0 aliphatic heterocycles. The first-order valence-electron chi connectivity index (χ1n) is 13.2. The van der Waals surface area contributed by atoms with Crippen molar-refractivity contribution in [2.75, 3.05) is 18.0 Å². The molecule has 4 aromatic rings. The molecule has 9 heteroatoms. The molecule has 0 unspecified atom stereocenters. The molecule has 0 saturated carbocycles. The number of rotatable bonds is 9. The molecule has 0 saturated heterocycles. The third kappa shape index (κ3) is 6.04. The van der Waals surface area contributed by atoms with E-state index in [1.165, 1.54) is 24.3 Å². The lowest BCUT2D eigenvalue weighted by Crippen LogP contribution is -2.24. The number of nitrogens with zero attached hydrogens (tertiary/aromatic N) is 1. The van der Waals surface area contributed by atoms with Gasteiger partial charge < -0.3 is 14.1 Å². The van der Waals surface area contributed by atoms with Gasteiger partial charge in [-0.05, 0) is 68.2 Å². The summed E-state index contributed by atoms with van der Waals surface area (Å²) in [4.78, 5) is 27.5. The monoisotopic (exact) mass is 567 g/mol. The van der Waals surface area contributed by atoms with E-state index in [2.05, 4.69) is 23.5 Å². The Labute approximate surface area is 234 Å². The number of aryl methyl sites for hydroxylation is 1. The molecule has 4 rings (SSSR count). The average Bonchev–Trinajstić information content (AvgIpc) is 2.97. The minimum Gasteiger partial charge on any atom is -0.422 e. The van der Waals surface area contributed by atoms with Crippen molar-refractivity contribution in [3.63, 3.8) is 0 Å².